The van der Waals surface area contributed by atoms with Gasteiger partial charge in [0.15, 0.2) is 0 Å². The van der Waals surface area contributed by atoms with Gasteiger partial charge in [-0.25, -0.2) is 9.18 Å². The minimum absolute atomic E-state index is 0.0193. The Kier molecular flexibility index (Phi) is 4.97. The number of nitrogens with one attached hydrogen (secondary N) is 1. The Morgan fingerprint density at radius 3 is 2.60 bits per heavy atom. The summed E-state index contributed by atoms with van der Waals surface area (Å²) < 4.78 is 18.9. The number of rotatable bonds is 5. The van der Waals surface area contributed by atoms with Gasteiger partial charge >= 0.3 is 5.97 Å². The largest absolute Gasteiger partial charge is 0.478 e. The third-order valence-corrected chi connectivity index (χ3v) is 4.15. The number of anilines is 1. The van der Waals surface area contributed by atoms with E-state index in [0.717, 1.165) is 0 Å². The molecule has 2 aromatic carbocycles. The fourth-order valence-electron chi connectivity index (χ4n) is 2.25. The van der Waals surface area contributed by atoms with E-state index in [1.54, 1.807) is 18.2 Å². The molecule has 0 saturated carbocycles. The van der Waals surface area contributed by atoms with E-state index >= 15 is 0 Å². The fraction of sp³-hybridized carbons (Fsp3) is 0.0556. The smallest absolute Gasteiger partial charge is 0.335 e. The van der Waals surface area contributed by atoms with Gasteiger partial charge in [0, 0.05) is 5.56 Å². The third kappa shape index (κ3) is 3.95. The highest BCUT2D eigenvalue weighted by Crippen LogP contribution is 2.28. The Labute approximate surface area is 152 Å². The zero-order chi connectivity index (χ0) is 18.0. The minimum atomic E-state index is -1.03. The van der Waals surface area contributed by atoms with E-state index in [1.807, 2.05) is 0 Å². The molecule has 7 heteroatoms. The normalized spacial score (nSPS) is 10.7. The summed E-state index contributed by atoms with van der Waals surface area (Å²) in [5, 5.41) is 12.5. The predicted octanol–water partition coefficient (Wildman–Crippen LogP) is 5.70. The van der Waals surface area contributed by atoms with Crippen molar-refractivity contribution in [2.24, 2.45) is 0 Å². The Morgan fingerprint density at radius 2 is 1.88 bits per heavy atom. The molecule has 3 rings (SSSR count). The lowest BCUT2D eigenvalue weighted by molar-refractivity contribution is 0.0697. The number of furan rings is 1. The number of carbonyl (C=O) groups is 1. The van der Waals surface area contributed by atoms with Gasteiger partial charge in [0.2, 0.25) is 0 Å². The molecule has 2 N–H and O–H groups in total. The highest BCUT2D eigenvalue weighted by atomic mass is 35.5. The molecule has 1 aromatic heterocycles. The number of aromatic carboxylic acids is 1. The van der Waals surface area contributed by atoms with Crippen LogP contribution < -0.4 is 5.32 Å². The van der Waals surface area contributed by atoms with Gasteiger partial charge in [-0.2, -0.15) is 0 Å². The molecule has 0 bridgehead atoms. The molecule has 1 heterocycles. The minimum Gasteiger partial charge on any atom is -0.478 e. The molecule has 0 spiro atoms. The van der Waals surface area contributed by atoms with Gasteiger partial charge in [-0.15, -0.1) is 0 Å². The monoisotopic (exact) mass is 379 g/mol. The molecule has 0 atom stereocenters. The first-order chi connectivity index (χ1) is 11.9. The van der Waals surface area contributed by atoms with Gasteiger partial charge in [0.25, 0.3) is 0 Å². The van der Waals surface area contributed by atoms with Crippen molar-refractivity contribution in [3.63, 3.8) is 0 Å². The number of halogens is 3. The second-order valence-corrected chi connectivity index (χ2v) is 6.06. The zero-order valence-corrected chi connectivity index (χ0v) is 14.2. The molecule has 0 aliphatic carbocycles. The molecule has 0 aliphatic rings. The summed E-state index contributed by atoms with van der Waals surface area (Å²) in [7, 11) is 0. The first-order valence-corrected chi connectivity index (χ1v) is 8.00. The van der Waals surface area contributed by atoms with Crippen molar-refractivity contribution in [3.8, 4) is 11.3 Å². The van der Waals surface area contributed by atoms with Crippen molar-refractivity contribution < 1.29 is 18.7 Å². The van der Waals surface area contributed by atoms with Crippen molar-refractivity contribution in [2.45, 2.75) is 6.54 Å². The van der Waals surface area contributed by atoms with Crippen LogP contribution >= 0.6 is 23.2 Å². The van der Waals surface area contributed by atoms with Gasteiger partial charge in [0.05, 0.1) is 27.8 Å². The molecule has 3 aromatic rings. The second-order valence-electron chi connectivity index (χ2n) is 5.25. The number of benzene rings is 2. The molecule has 0 radical (unpaired) electrons. The maximum Gasteiger partial charge on any atom is 0.335 e. The number of hydrogen-bond donors (Lipinski definition) is 2. The average Bonchev–Trinajstić information content (AvgIpc) is 3.05. The molecule has 0 aliphatic heterocycles. The van der Waals surface area contributed by atoms with Crippen molar-refractivity contribution in [1.82, 2.24) is 0 Å². The van der Waals surface area contributed by atoms with Crippen LogP contribution in [0.2, 0.25) is 10.0 Å². The van der Waals surface area contributed by atoms with E-state index in [2.05, 4.69) is 5.32 Å². The predicted molar refractivity (Wildman–Crippen MR) is 94.9 cm³/mol. The number of carboxylic acids is 1. The van der Waals surface area contributed by atoms with Crippen LogP contribution in [0.1, 0.15) is 16.1 Å². The molecule has 0 unspecified atom stereocenters. The Morgan fingerprint density at radius 1 is 1.08 bits per heavy atom. The maximum atomic E-state index is 13.2. The molecular formula is C18H12Cl2FNO3. The average molecular weight is 380 g/mol. The Hall–Kier alpha value is -2.50. The van der Waals surface area contributed by atoms with Gasteiger partial charge in [-0.3, -0.25) is 0 Å². The summed E-state index contributed by atoms with van der Waals surface area (Å²) in [5.74, 6) is -0.378. The van der Waals surface area contributed by atoms with Crippen LogP contribution in [0.4, 0.5) is 10.1 Å². The number of hydrogen-bond acceptors (Lipinski definition) is 3. The van der Waals surface area contributed by atoms with Crippen LogP contribution in [0, 0.1) is 5.82 Å². The summed E-state index contributed by atoms with van der Waals surface area (Å²) in [6.07, 6.45) is 0. The van der Waals surface area contributed by atoms with E-state index in [-0.39, 0.29) is 10.6 Å². The van der Waals surface area contributed by atoms with Crippen LogP contribution in [0.25, 0.3) is 11.3 Å². The highest BCUT2D eigenvalue weighted by Gasteiger charge is 2.10. The lowest BCUT2D eigenvalue weighted by atomic mass is 10.2. The zero-order valence-electron chi connectivity index (χ0n) is 12.7. The second kappa shape index (κ2) is 7.17. The van der Waals surface area contributed by atoms with Crippen LogP contribution in [-0.2, 0) is 6.54 Å². The summed E-state index contributed by atoms with van der Waals surface area (Å²) >= 11 is 11.8. The summed E-state index contributed by atoms with van der Waals surface area (Å²) in [4.78, 5) is 11.0. The first kappa shape index (κ1) is 17.3. The molecule has 128 valence electrons. The van der Waals surface area contributed by atoms with E-state index in [0.29, 0.717) is 34.3 Å². The third-order valence-electron chi connectivity index (χ3n) is 3.53. The van der Waals surface area contributed by atoms with Gasteiger partial charge in [-0.1, -0.05) is 23.2 Å². The number of carboxylic acid groups (broad SMARTS) is 1. The maximum absolute atomic E-state index is 13.2. The van der Waals surface area contributed by atoms with Crippen molar-refractivity contribution in [2.75, 3.05) is 5.32 Å². The molecule has 25 heavy (non-hydrogen) atoms. The lowest BCUT2D eigenvalue weighted by Crippen LogP contribution is -2.02. The summed E-state index contributed by atoms with van der Waals surface area (Å²) in [5.41, 5.74) is 1.28. The topological polar surface area (TPSA) is 62.5 Å². The molecule has 0 fully saturated rings. The SMILES string of the molecule is O=C(O)c1ccc(Cl)c(NCc2ccc(-c3ccc(F)c(Cl)c3)o2)c1. The van der Waals surface area contributed by atoms with E-state index in [9.17, 15) is 9.18 Å². The van der Waals surface area contributed by atoms with Crippen LogP contribution in [-0.4, -0.2) is 11.1 Å². The molecule has 4 nitrogen and oxygen atoms in total. The van der Waals surface area contributed by atoms with Crippen molar-refractivity contribution >= 4 is 34.9 Å². The summed E-state index contributed by atoms with van der Waals surface area (Å²) in [6, 6.07) is 12.2. The first-order valence-electron chi connectivity index (χ1n) is 7.25. The van der Waals surface area contributed by atoms with Gasteiger partial charge in [0.1, 0.15) is 17.3 Å². The fourth-order valence-corrected chi connectivity index (χ4v) is 2.62. The van der Waals surface area contributed by atoms with E-state index in [4.69, 9.17) is 32.7 Å². The highest BCUT2D eigenvalue weighted by molar-refractivity contribution is 6.33. The van der Waals surface area contributed by atoms with Crippen LogP contribution in [0.5, 0.6) is 0 Å². The molecular weight excluding hydrogens is 368 g/mol. The van der Waals surface area contributed by atoms with Crippen molar-refractivity contribution in [3.05, 3.63) is 75.7 Å². The van der Waals surface area contributed by atoms with Crippen LogP contribution in [0.3, 0.4) is 0 Å². The van der Waals surface area contributed by atoms with Gasteiger partial charge < -0.3 is 14.8 Å². The lowest BCUT2D eigenvalue weighted by Gasteiger charge is -2.08. The van der Waals surface area contributed by atoms with E-state index in [1.165, 1.54) is 30.3 Å². The van der Waals surface area contributed by atoms with Gasteiger partial charge in [-0.05, 0) is 48.5 Å². The Balaban J connectivity index is 1.75. The Bertz CT molecular complexity index is 940. The van der Waals surface area contributed by atoms with Crippen molar-refractivity contribution in [1.29, 1.82) is 0 Å². The van der Waals surface area contributed by atoms with E-state index < -0.39 is 11.8 Å². The standard InChI is InChI=1S/C18H12Cl2FNO3/c19-13-4-1-11(18(23)24)8-16(13)22-9-12-3-6-17(25-12)10-2-5-15(21)14(20)7-10/h1-8,22H,9H2,(H,23,24). The molecule has 0 saturated heterocycles. The van der Waals surface area contributed by atoms with Crippen LogP contribution in [0.15, 0.2) is 52.9 Å². The molecule has 0 amide bonds. The quantitative estimate of drug-likeness (QED) is 0.596. The summed E-state index contributed by atoms with van der Waals surface area (Å²) in [6.45, 7) is 0.303.